The Morgan fingerprint density at radius 3 is 2.19 bits per heavy atom. The van der Waals surface area contributed by atoms with Crippen molar-refractivity contribution >= 4 is 29.2 Å². The monoisotopic (exact) mass is 872 g/mol. The Hall–Kier alpha value is -6.34. The third-order valence-electron chi connectivity index (χ3n) is 11.4. The summed E-state index contributed by atoms with van der Waals surface area (Å²) in [6.07, 6.45) is 1.09. The second-order valence-electron chi connectivity index (χ2n) is 16.5. The van der Waals surface area contributed by atoms with Gasteiger partial charge in [0.05, 0.1) is 23.4 Å². The van der Waals surface area contributed by atoms with Crippen molar-refractivity contribution in [2.24, 2.45) is 29.0 Å². The molecule has 5 rings (SSSR count). The fraction of sp³-hybridized carbons (Fsp3) is 0.429. The number of amides is 2. The Morgan fingerprint density at radius 2 is 1.58 bits per heavy atom. The van der Waals surface area contributed by atoms with Gasteiger partial charge in [0.1, 0.15) is 30.8 Å². The minimum Gasteiger partial charge on any atom is -0.492 e. The molecular formula is C49H60N8O7. The molecule has 0 saturated carbocycles. The number of nitriles is 1. The minimum absolute atomic E-state index is 0.0307. The van der Waals surface area contributed by atoms with Gasteiger partial charge in [-0.2, -0.15) is 5.26 Å². The predicted molar refractivity (Wildman–Crippen MR) is 243 cm³/mol. The standard InChI is InChI=1S/C49H60N8O7/c1-29(2)33-9-11-34(12-10-33)47-54-28-39(31(4)55-47)42(59)27-36(16-18-51)49(62)57(5)46-35-13-15-45(64-22-20-53)38(26-35)37-24-32(8-14-44(37)63-21-19-52)25-40(41(58)7-6-17-50)56-48(61)30(3)23-43(46)60/h8-15,24,26,28-30,36,40,46H,6-7,16,18-23,25,27,51-53H2,1-5H3,(H,56,61)/t30-,36-,40+,46+/m1/s1. The number of ketones is 3. The molecule has 3 aromatic carbocycles. The van der Waals surface area contributed by atoms with Crippen LogP contribution in [0.25, 0.3) is 22.5 Å². The average molecular weight is 873 g/mol. The summed E-state index contributed by atoms with van der Waals surface area (Å²) in [4.78, 5) is 81.1. The van der Waals surface area contributed by atoms with E-state index in [2.05, 4.69) is 29.1 Å². The van der Waals surface area contributed by atoms with Crippen molar-refractivity contribution < 1.29 is 33.4 Å². The second-order valence-corrected chi connectivity index (χ2v) is 16.5. The van der Waals surface area contributed by atoms with Crippen LogP contribution in [0.15, 0.2) is 66.9 Å². The third-order valence-corrected chi connectivity index (χ3v) is 11.4. The van der Waals surface area contributed by atoms with Crippen LogP contribution in [0.2, 0.25) is 0 Å². The predicted octanol–water partition coefficient (Wildman–Crippen LogP) is 5.16. The quantitative estimate of drug-likeness (QED) is 0.0945. The molecule has 64 heavy (non-hydrogen) atoms. The molecule has 15 nitrogen and oxygen atoms in total. The minimum atomic E-state index is -1.24. The third kappa shape index (κ3) is 12.0. The summed E-state index contributed by atoms with van der Waals surface area (Å²) >= 11 is 0. The number of aryl methyl sites for hydroxylation is 1. The largest absolute Gasteiger partial charge is 0.492 e. The Morgan fingerprint density at radius 1 is 0.922 bits per heavy atom. The van der Waals surface area contributed by atoms with Gasteiger partial charge in [-0.15, -0.1) is 0 Å². The Labute approximate surface area is 375 Å². The van der Waals surface area contributed by atoms with Crippen LogP contribution < -0.4 is 32.0 Å². The second kappa shape index (κ2) is 22.8. The fourth-order valence-corrected chi connectivity index (χ4v) is 7.87. The zero-order chi connectivity index (χ0) is 46.5. The Kier molecular flexibility index (Phi) is 17.4. The van der Waals surface area contributed by atoms with E-state index in [1.807, 2.05) is 36.4 Å². The number of ether oxygens (including phenoxy) is 2. The Bertz CT molecular complexity index is 2360. The van der Waals surface area contributed by atoms with Gasteiger partial charge in [0.25, 0.3) is 0 Å². The number of carbonyl (C=O) groups is 5. The maximum Gasteiger partial charge on any atom is 0.226 e. The van der Waals surface area contributed by atoms with Crippen LogP contribution in [-0.4, -0.2) is 90.0 Å². The molecule has 2 amide bonds. The highest BCUT2D eigenvalue weighted by Gasteiger charge is 2.36. The first-order valence-corrected chi connectivity index (χ1v) is 21.8. The highest BCUT2D eigenvalue weighted by atomic mass is 16.5. The molecule has 0 saturated heterocycles. The Balaban J connectivity index is 1.56. The van der Waals surface area contributed by atoms with Crippen LogP contribution in [0.4, 0.5) is 0 Å². The highest BCUT2D eigenvalue weighted by molar-refractivity contribution is 6.00. The molecule has 1 aromatic heterocycles. The van der Waals surface area contributed by atoms with E-state index in [9.17, 15) is 29.2 Å². The van der Waals surface area contributed by atoms with E-state index in [1.54, 1.807) is 44.2 Å². The molecule has 1 aliphatic heterocycles. The molecular weight excluding hydrogens is 813 g/mol. The lowest BCUT2D eigenvalue weighted by molar-refractivity contribution is -0.142. The number of benzene rings is 3. The van der Waals surface area contributed by atoms with E-state index in [4.69, 9.17) is 26.7 Å². The van der Waals surface area contributed by atoms with Gasteiger partial charge in [-0.05, 0) is 73.2 Å². The highest BCUT2D eigenvalue weighted by Crippen LogP contribution is 2.41. The first-order valence-electron chi connectivity index (χ1n) is 21.8. The van der Waals surface area contributed by atoms with Crippen molar-refractivity contribution in [3.8, 4) is 40.1 Å². The summed E-state index contributed by atoms with van der Waals surface area (Å²) in [5.41, 5.74) is 22.6. The molecule has 4 bridgehead atoms. The first-order chi connectivity index (χ1) is 30.7. The molecule has 0 fully saturated rings. The van der Waals surface area contributed by atoms with Crippen molar-refractivity contribution in [2.75, 3.05) is 39.9 Å². The number of fused-ring (bicyclic) bond motifs is 5. The van der Waals surface area contributed by atoms with Crippen LogP contribution in [0.5, 0.6) is 11.5 Å². The summed E-state index contributed by atoms with van der Waals surface area (Å²) in [6, 6.07) is 18.2. The van der Waals surface area contributed by atoms with Crippen LogP contribution in [0.3, 0.4) is 0 Å². The summed E-state index contributed by atoms with van der Waals surface area (Å²) in [5, 5.41) is 12.1. The molecule has 7 N–H and O–H groups in total. The zero-order valence-electron chi connectivity index (χ0n) is 37.4. The molecule has 0 spiro atoms. The van der Waals surface area contributed by atoms with Gasteiger partial charge in [-0.1, -0.05) is 57.2 Å². The smallest absolute Gasteiger partial charge is 0.226 e. The number of hydrogen-bond acceptors (Lipinski definition) is 13. The summed E-state index contributed by atoms with van der Waals surface area (Å²) < 4.78 is 12.2. The van der Waals surface area contributed by atoms with Crippen LogP contribution in [0.1, 0.15) is 97.6 Å². The number of carbonyl (C=O) groups excluding carboxylic acids is 5. The summed E-state index contributed by atoms with van der Waals surface area (Å²) in [6.45, 7) is 8.39. The number of hydrogen-bond donors (Lipinski definition) is 4. The van der Waals surface area contributed by atoms with E-state index in [0.29, 0.717) is 51.2 Å². The average Bonchev–Trinajstić information content (AvgIpc) is 3.28. The van der Waals surface area contributed by atoms with Crippen LogP contribution >= 0.6 is 0 Å². The van der Waals surface area contributed by atoms with Crippen LogP contribution in [-0.2, 0) is 25.6 Å². The van der Waals surface area contributed by atoms with Crippen molar-refractivity contribution in [1.29, 1.82) is 5.26 Å². The van der Waals surface area contributed by atoms with Crippen LogP contribution in [0, 0.1) is 30.1 Å². The summed E-state index contributed by atoms with van der Waals surface area (Å²) in [7, 11) is 1.50. The number of nitrogens with zero attached hydrogens (tertiary/aromatic N) is 4. The van der Waals surface area contributed by atoms with Crippen molar-refractivity contribution in [3.05, 3.63) is 94.8 Å². The molecule has 0 radical (unpaired) electrons. The van der Waals surface area contributed by atoms with Gasteiger partial charge in [-0.3, -0.25) is 24.0 Å². The maximum absolute atomic E-state index is 14.7. The molecule has 4 atom stereocenters. The van der Waals surface area contributed by atoms with Crippen molar-refractivity contribution in [3.63, 3.8) is 0 Å². The zero-order valence-corrected chi connectivity index (χ0v) is 37.4. The van der Waals surface area contributed by atoms with Crippen molar-refractivity contribution in [1.82, 2.24) is 20.2 Å². The molecule has 15 heteroatoms. The lowest BCUT2D eigenvalue weighted by atomic mass is 9.88. The lowest BCUT2D eigenvalue weighted by Gasteiger charge is -2.32. The van der Waals surface area contributed by atoms with Gasteiger partial charge in [0.15, 0.2) is 23.2 Å². The van der Waals surface area contributed by atoms with Gasteiger partial charge >= 0.3 is 0 Å². The summed E-state index contributed by atoms with van der Waals surface area (Å²) in [5.74, 6) is -2.34. The molecule has 2 heterocycles. The molecule has 1 aliphatic rings. The van der Waals surface area contributed by atoms with E-state index in [1.165, 1.54) is 23.7 Å². The van der Waals surface area contributed by atoms with Gasteiger partial charge < -0.3 is 36.9 Å². The SMILES string of the molecule is Cc1nc(-c2ccc(C(C)C)cc2)ncc1C(=O)C[C@@H](CCN)C(=O)N(C)[C@@H]1C(=O)C[C@@H](C)C(=O)N[C@H](C(=O)CCC#N)Cc2ccc(OCCN)c(c2)-c2cc1ccc2OCCN. The first kappa shape index (κ1) is 48.7. The number of nitrogens with two attached hydrogens (primary N) is 3. The number of Topliss-reactive ketones (excluding diaryl/α,β-unsaturated/α-hetero) is 3. The van der Waals surface area contributed by atoms with E-state index in [-0.39, 0.29) is 88.5 Å². The van der Waals surface area contributed by atoms with Crippen molar-refractivity contribution in [2.45, 2.75) is 84.2 Å². The van der Waals surface area contributed by atoms with E-state index in [0.717, 1.165) is 5.56 Å². The molecule has 338 valence electrons. The number of rotatable bonds is 18. The number of nitrogens with one attached hydrogen (secondary N) is 1. The number of likely N-dealkylation sites (N-methyl/N-ethyl adjacent to an activating group) is 1. The molecule has 4 aromatic rings. The van der Waals surface area contributed by atoms with E-state index >= 15 is 0 Å². The maximum atomic E-state index is 14.7. The molecule has 0 aliphatic carbocycles. The lowest BCUT2D eigenvalue weighted by Crippen LogP contribution is -2.46. The van der Waals surface area contributed by atoms with Gasteiger partial charge in [-0.25, -0.2) is 9.97 Å². The molecule has 0 unspecified atom stereocenters. The van der Waals surface area contributed by atoms with E-state index < -0.39 is 41.5 Å². The number of aromatic nitrogens is 2. The topological polar surface area (TPSA) is 247 Å². The van der Waals surface area contributed by atoms with Gasteiger partial charge in [0.2, 0.25) is 11.8 Å². The fourth-order valence-electron chi connectivity index (χ4n) is 7.87. The van der Waals surface area contributed by atoms with Gasteiger partial charge in [0, 0.05) is 80.5 Å². The normalized spacial score (nSPS) is 16.8.